The Bertz CT molecular complexity index is 531. The van der Waals surface area contributed by atoms with Crippen molar-refractivity contribution in [3.63, 3.8) is 0 Å². The largest absolute Gasteiger partial charge is 0.496 e. The Kier molecular flexibility index (Phi) is 3.14. The van der Waals surface area contributed by atoms with Crippen LogP contribution in [0.5, 0.6) is 11.5 Å². The molecule has 0 spiro atoms. The maximum atomic E-state index is 5.79. The molecule has 0 saturated carbocycles. The minimum atomic E-state index is 0.614. The first kappa shape index (κ1) is 12.3. The third-order valence-electron chi connectivity index (χ3n) is 2.96. The van der Waals surface area contributed by atoms with E-state index in [1.807, 2.05) is 32.2 Å². The van der Waals surface area contributed by atoms with E-state index in [9.17, 15) is 0 Å². The van der Waals surface area contributed by atoms with Crippen molar-refractivity contribution >= 4 is 5.82 Å². The van der Waals surface area contributed by atoms with Crippen LogP contribution in [0.1, 0.15) is 5.56 Å². The van der Waals surface area contributed by atoms with Crippen LogP contribution in [0.15, 0.2) is 18.2 Å². The van der Waals surface area contributed by atoms with Crippen LogP contribution in [0.4, 0.5) is 5.82 Å². The molecule has 1 aromatic carbocycles. The van der Waals surface area contributed by atoms with Crippen LogP contribution in [-0.4, -0.2) is 24.0 Å². The molecule has 1 heterocycles. The predicted octanol–water partition coefficient (Wildman–Crippen LogP) is 1.99. The van der Waals surface area contributed by atoms with Crippen molar-refractivity contribution < 1.29 is 9.47 Å². The van der Waals surface area contributed by atoms with Crippen molar-refractivity contribution in [1.29, 1.82) is 0 Å². The van der Waals surface area contributed by atoms with Crippen molar-refractivity contribution in [2.45, 2.75) is 6.92 Å². The highest BCUT2D eigenvalue weighted by atomic mass is 16.5. The summed E-state index contributed by atoms with van der Waals surface area (Å²) in [7, 11) is 5.08. The van der Waals surface area contributed by atoms with E-state index in [4.69, 9.17) is 15.2 Å². The molecule has 0 aliphatic heterocycles. The Hall–Kier alpha value is -2.17. The Labute approximate surface area is 106 Å². The molecule has 96 valence electrons. The summed E-state index contributed by atoms with van der Waals surface area (Å²) in [6, 6.07) is 5.68. The Balaban J connectivity index is 2.57. The van der Waals surface area contributed by atoms with Crippen LogP contribution in [0.2, 0.25) is 0 Å². The first-order chi connectivity index (χ1) is 8.56. The van der Waals surface area contributed by atoms with E-state index in [1.165, 1.54) is 0 Å². The van der Waals surface area contributed by atoms with Gasteiger partial charge in [0, 0.05) is 24.2 Å². The molecule has 0 fully saturated rings. The van der Waals surface area contributed by atoms with E-state index in [-0.39, 0.29) is 0 Å². The van der Waals surface area contributed by atoms with Gasteiger partial charge in [-0.2, -0.15) is 5.10 Å². The summed E-state index contributed by atoms with van der Waals surface area (Å²) < 4.78 is 12.3. The molecule has 2 aromatic rings. The van der Waals surface area contributed by atoms with Gasteiger partial charge in [0.05, 0.1) is 19.9 Å². The quantitative estimate of drug-likeness (QED) is 0.901. The summed E-state index contributed by atoms with van der Waals surface area (Å²) in [5.41, 5.74) is 8.47. The molecule has 0 aliphatic rings. The number of hydrogen-bond donors (Lipinski definition) is 1. The van der Waals surface area contributed by atoms with Gasteiger partial charge in [-0.05, 0) is 19.1 Å². The molecule has 1 aromatic heterocycles. The fourth-order valence-electron chi connectivity index (χ4n) is 1.86. The third-order valence-corrected chi connectivity index (χ3v) is 2.96. The summed E-state index contributed by atoms with van der Waals surface area (Å²) in [5, 5.41) is 4.34. The lowest BCUT2D eigenvalue weighted by molar-refractivity contribution is 0.389. The second kappa shape index (κ2) is 4.60. The molecule has 5 heteroatoms. The maximum absolute atomic E-state index is 5.79. The molecule has 5 nitrogen and oxygen atoms in total. The van der Waals surface area contributed by atoms with Crippen LogP contribution in [0.25, 0.3) is 11.3 Å². The molecule has 18 heavy (non-hydrogen) atoms. The topological polar surface area (TPSA) is 62.3 Å². The summed E-state index contributed by atoms with van der Waals surface area (Å²) >= 11 is 0. The van der Waals surface area contributed by atoms with Gasteiger partial charge in [-0.1, -0.05) is 0 Å². The van der Waals surface area contributed by atoms with Gasteiger partial charge in [-0.15, -0.1) is 0 Å². The van der Waals surface area contributed by atoms with Gasteiger partial charge in [0.1, 0.15) is 17.3 Å². The van der Waals surface area contributed by atoms with Crippen LogP contribution in [0, 0.1) is 6.92 Å². The lowest BCUT2D eigenvalue weighted by atomic mass is 10.1. The number of aryl methyl sites for hydroxylation is 1. The van der Waals surface area contributed by atoms with Gasteiger partial charge in [0.2, 0.25) is 0 Å². The van der Waals surface area contributed by atoms with Crippen LogP contribution >= 0.6 is 0 Å². The molecule has 2 rings (SSSR count). The zero-order chi connectivity index (χ0) is 13.3. The van der Waals surface area contributed by atoms with Crippen LogP contribution in [-0.2, 0) is 7.05 Å². The SMILES string of the molecule is COc1cc(-c2cc(N)n(C)n2)cc(OC)c1C. The molecule has 0 aliphatic carbocycles. The second-order valence-corrected chi connectivity index (χ2v) is 4.08. The van der Waals surface area contributed by atoms with Crippen LogP contribution < -0.4 is 15.2 Å². The molecule has 0 unspecified atom stereocenters. The van der Waals surface area contributed by atoms with E-state index < -0.39 is 0 Å². The van der Waals surface area contributed by atoms with E-state index in [2.05, 4.69) is 5.10 Å². The highest BCUT2D eigenvalue weighted by Gasteiger charge is 2.12. The highest BCUT2D eigenvalue weighted by Crippen LogP contribution is 2.34. The number of methoxy groups -OCH3 is 2. The summed E-state index contributed by atoms with van der Waals surface area (Å²) in [6.45, 7) is 1.95. The highest BCUT2D eigenvalue weighted by molar-refractivity contribution is 5.68. The van der Waals surface area contributed by atoms with Gasteiger partial charge >= 0.3 is 0 Å². The van der Waals surface area contributed by atoms with Gasteiger partial charge in [-0.25, -0.2) is 0 Å². The number of rotatable bonds is 3. The summed E-state index contributed by atoms with van der Waals surface area (Å²) in [5.74, 6) is 2.16. The summed E-state index contributed by atoms with van der Waals surface area (Å²) in [6.07, 6.45) is 0. The maximum Gasteiger partial charge on any atom is 0.126 e. The van der Waals surface area contributed by atoms with Crippen molar-refractivity contribution in [3.8, 4) is 22.8 Å². The minimum absolute atomic E-state index is 0.614. The number of aromatic nitrogens is 2. The fourth-order valence-corrected chi connectivity index (χ4v) is 1.86. The molecular formula is C13H17N3O2. The number of benzene rings is 1. The first-order valence-corrected chi connectivity index (χ1v) is 5.59. The van der Waals surface area contributed by atoms with Crippen LogP contribution in [0.3, 0.4) is 0 Å². The average Bonchev–Trinajstić information content (AvgIpc) is 2.70. The smallest absolute Gasteiger partial charge is 0.126 e. The monoisotopic (exact) mass is 247 g/mol. The predicted molar refractivity (Wildman–Crippen MR) is 70.9 cm³/mol. The molecule has 0 radical (unpaired) electrons. The van der Waals surface area contributed by atoms with Gasteiger partial charge < -0.3 is 15.2 Å². The van der Waals surface area contributed by atoms with Crippen molar-refractivity contribution in [3.05, 3.63) is 23.8 Å². The summed E-state index contributed by atoms with van der Waals surface area (Å²) in [4.78, 5) is 0. The Morgan fingerprint density at radius 2 is 1.67 bits per heavy atom. The Morgan fingerprint density at radius 3 is 2.06 bits per heavy atom. The number of nitrogens with zero attached hydrogens (tertiary/aromatic N) is 2. The lowest BCUT2D eigenvalue weighted by Gasteiger charge is -2.11. The van der Waals surface area contributed by atoms with Crippen molar-refractivity contribution in [2.75, 3.05) is 20.0 Å². The minimum Gasteiger partial charge on any atom is -0.496 e. The normalized spacial score (nSPS) is 10.4. The number of ether oxygens (including phenoxy) is 2. The van der Waals surface area contributed by atoms with E-state index in [0.29, 0.717) is 5.82 Å². The average molecular weight is 247 g/mol. The standard InChI is InChI=1S/C13H17N3O2/c1-8-11(17-3)5-9(6-12(8)18-4)10-7-13(14)16(2)15-10/h5-7H,14H2,1-4H3. The molecule has 0 saturated heterocycles. The molecule has 2 N–H and O–H groups in total. The molecule has 0 amide bonds. The fraction of sp³-hybridized carbons (Fsp3) is 0.308. The molecular weight excluding hydrogens is 230 g/mol. The van der Waals surface area contributed by atoms with Crippen molar-refractivity contribution in [1.82, 2.24) is 9.78 Å². The molecule has 0 atom stereocenters. The van der Waals surface area contributed by atoms with Gasteiger partial charge in [0.15, 0.2) is 0 Å². The van der Waals surface area contributed by atoms with Crippen molar-refractivity contribution in [2.24, 2.45) is 7.05 Å². The molecule has 0 bridgehead atoms. The van der Waals surface area contributed by atoms with Gasteiger partial charge in [0.25, 0.3) is 0 Å². The zero-order valence-corrected chi connectivity index (χ0v) is 11.0. The number of hydrogen-bond acceptors (Lipinski definition) is 4. The van der Waals surface area contributed by atoms with E-state index in [0.717, 1.165) is 28.3 Å². The van der Waals surface area contributed by atoms with E-state index in [1.54, 1.807) is 18.9 Å². The number of anilines is 1. The Morgan fingerprint density at radius 1 is 1.11 bits per heavy atom. The zero-order valence-electron chi connectivity index (χ0n) is 11.0. The number of nitrogens with two attached hydrogens (primary N) is 1. The third kappa shape index (κ3) is 1.99. The van der Waals surface area contributed by atoms with Gasteiger partial charge in [-0.3, -0.25) is 4.68 Å². The lowest BCUT2D eigenvalue weighted by Crippen LogP contribution is -1.97. The second-order valence-electron chi connectivity index (χ2n) is 4.08. The van der Waals surface area contributed by atoms with E-state index >= 15 is 0 Å². The first-order valence-electron chi connectivity index (χ1n) is 5.59. The number of nitrogen functional groups attached to an aromatic ring is 1.